The molecule has 0 aliphatic rings. The van der Waals surface area contributed by atoms with Crippen LogP contribution in [0.15, 0.2) is 35.7 Å². The van der Waals surface area contributed by atoms with E-state index >= 15 is 0 Å². The molecule has 0 unspecified atom stereocenters. The Kier molecular flexibility index (Phi) is 5.16. The number of carbonyl (C=O) groups excluding carboxylic acids is 2. The summed E-state index contributed by atoms with van der Waals surface area (Å²) in [5, 5.41) is 4.62. The Hall–Kier alpha value is -2.34. The molecule has 1 aromatic heterocycles. The summed E-state index contributed by atoms with van der Waals surface area (Å²) in [6.45, 7) is 1.88. The molecule has 2 rings (SSSR count). The average Bonchev–Trinajstić information content (AvgIpc) is 2.92. The van der Waals surface area contributed by atoms with Crippen molar-refractivity contribution in [3.63, 3.8) is 0 Å². The molecular weight excluding hydrogens is 300 g/mol. The van der Waals surface area contributed by atoms with E-state index < -0.39 is 0 Å². The van der Waals surface area contributed by atoms with Crippen LogP contribution in [0.4, 0.5) is 5.69 Å². The highest BCUT2D eigenvalue weighted by Gasteiger charge is 2.17. The van der Waals surface area contributed by atoms with Gasteiger partial charge in [-0.2, -0.15) is 0 Å². The second-order valence-corrected chi connectivity index (χ2v) is 5.79. The van der Waals surface area contributed by atoms with Crippen LogP contribution in [0.3, 0.4) is 0 Å². The highest BCUT2D eigenvalue weighted by atomic mass is 32.1. The van der Waals surface area contributed by atoms with Gasteiger partial charge in [0, 0.05) is 18.8 Å². The number of carbonyl (C=O) groups is 2. The number of nitrogens with zero attached hydrogens (tertiary/aromatic N) is 1. The smallest absolute Gasteiger partial charge is 0.264 e. The number of nitrogens with one attached hydrogen (secondary N) is 1. The fourth-order valence-corrected chi connectivity index (χ4v) is 2.87. The number of ether oxygens (including phenoxy) is 1. The van der Waals surface area contributed by atoms with Gasteiger partial charge in [-0.15, -0.1) is 11.3 Å². The highest BCUT2D eigenvalue weighted by Crippen LogP contribution is 2.18. The van der Waals surface area contributed by atoms with Crippen LogP contribution in [0.5, 0.6) is 5.75 Å². The van der Waals surface area contributed by atoms with Gasteiger partial charge in [0.2, 0.25) is 5.91 Å². The van der Waals surface area contributed by atoms with E-state index in [1.165, 1.54) is 16.2 Å². The van der Waals surface area contributed by atoms with E-state index in [9.17, 15) is 9.59 Å². The summed E-state index contributed by atoms with van der Waals surface area (Å²) in [7, 11) is 3.18. The first-order valence-electron chi connectivity index (χ1n) is 6.74. The molecule has 0 saturated heterocycles. The lowest BCUT2D eigenvalue weighted by Crippen LogP contribution is -2.34. The van der Waals surface area contributed by atoms with Crippen molar-refractivity contribution in [2.24, 2.45) is 0 Å². The second-order valence-electron chi connectivity index (χ2n) is 4.87. The zero-order chi connectivity index (χ0) is 16.1. The molecular formula is C16H18N2O3S. The topological polar surface area (TPSA) is 58.6 Å². The average molecular weight is 318 g/mol. The van der Waals surface area contributed by atoms with Crippen LogP contribution < -0.4 is 10.1 Å². The molecule has 0 saturated carbocycles. The molecule has 0 spiro atoms. The van der Waals surface area contributed by atoms with E-state index in [1.807, 2.05) is 18.4 Å². The lowest BCUT2D eigenvalue weighted by Gasteiger charge is -2.16. The molecule has 0 bridgehead atoms. The lowest BCUT2D eigenvalue weighted by atomic mass is 10.2. The summed E-state index contributed by atoms with van der Waals surface area (Å²) in [4.78, 5) is 26.4. The van der Waals surface area contributed by atoms with Gasteiger partial charge < -0.3 is 15.0 Å². The number of anilines is 1. The monoisotopic (exact) mass is 318 g/mol. The van der Waals surface area contributed by atoms with Gasteiger partial charge in [0.1, 0.15) is 5.75 Å². The van der Waals surface area contributed by atoms with Crippen LogP contribution in [0.25, 0.3) is 0 Å². The van der Waals surface area contributed by atoms with E-state index in [2.05, 4.69) is 5.32 Å². The second kappa shape index (κ2) is 7.09. The van der Waals surface area contributed by atoms with Crippen LogP contribution >= 0.6 is 11.3 Å². The van der Waals surface area contributed by atoms with Gasteiger partial charge in [0.05, 0.1) is 18.5 Å². The normalized spacial score (nSPS) is 10.1. The number of hydrogen-bond acceptors (Lipinski definition) is 4. The van der Waals surface area contributed by atoms with Crippen molar-refractivity contribution in [1.29, 1.82) is 0 Å². The van der Waals surface area contributed by atoms with Crippen molar-refractivity contribution in [2.45, 2.75) is 6.92 Å². The van der Waals surface area contributed by atoms with Crippen LogP contribution in [0.2, 0.25) is 0 Å². The largest absolute Gasteiger partial charge is 0.497 e. The first-order chi connectivity index (χ1) is 10.5. The number of thiophene rings is 1. The summed E-state index contributed by atoms with van der Waals surface area (Å²) in [6, 6.07) is 8.97. The number of likely N-dealkylation sites (N-methyl/N-ethyl adjacent to an activating group) is 1. The standard InChI is InChI=1S/C16H18N2O3S/c1-11-7-8-22-15(11)16(20)18(2)10-14(19)17-12-5-4-6-13(9-12)21-3/h4-9H,10H2,1-3H3,(H,17,19). The van der Waals surface area contributed by atoms with Gasteiger partial charge in [-0.05, 0) is 36.1 Å². The summed E-state index contributed by atoms with van der Waals surface area (Å²) in [6.07, 6.45) is 0. The van der Waals surface area contributed by atoms with Crippen molar-refractivity contribution in [2.75, 3.05) is 26.0 Å². The molecule has 116 valence electrons. The molecule has 2 amide bonds. The molecule has 0 aliphatic carbocycles. The number of hydrogen-bond donors (Lipinski definition) is 1. The molecule has 0 fully saturated rings. The summed E-state index contributed by atoms with van der Waals surface area (Å²) < 4.78 is 5.10. The first-order valence-corrected chi connectivity index (χ1v) is 7.62. The highest BCUT2D eigenvalue weighted by molar-refractivity contribution is 7.12. The first kappa shape index (κ1) is 16.0. The zero-order valence-corrected chi connectivity index (χ0v) is 13.6. The van der Waals surface area contributed by atoms with Crippen LogP contribution in [0.1, 0.15) is 15.2 Å². The summed E-state index contributed by atoms with van der Waals surface area (Å²) >= 11 is 1.38. The van der Waals surface area contributed by atoms with Crippen LogP contribution in [-0.4, -0.2) is 37.4 Å². The number of rotatable bonds is 5. The van der Waals surface area contributed by atoms with E-state index in [1.54, 1.807) is 38.4 Å². The fourth-order valence-electron chi connectivity index (χ4n) is 1.95. The molecule has 22 heavy (non-hydrogen) atoms. The molecule has 0 radical (unpaired) electrons. The van der Waals surface area contributed by atoms with Crippen molar-refractivity contribution in [3.05, 3.63) is 46.2 Å². The number of amides is 2. The minimum Gasteiger partial charge on any atom is -0.497 e. The molecule has 2 aromatic rings. The van der Waals surface area contributed by atoms with Gasteiger partial charge in [0.25, 0.3) is 5.91 Å². The maximum absolute atomic E-state index is 12.3. The zero-order valence-electron chi connectivity index (χ0n) is 12.8. The number of methoxy groups -OCH3 is 1. The molecule has 1 N–H and O–H groups in total. The van der Waals surface area contributed by atoms with E-state index in [0.29, 0.717) is 16.3 Å². The third kappa shape index (κ3) is 3.85. The van der Waals surface area contributed by atoms with E-state index in [0.717, 1.165) is 5.56 Å². The Morgan fingerprint density at radius 1 is 1.32 bits per heavy atom. The van der Waals surface area contributed by atoms with Crippen molar-refractivity contribution in [1.82, 2.24) is 4.90 Å². The summed E-state index contributed by atoms with van der Waals surface area (Å²) in [5.74, 6) is 0.267. The fraction of sp³-hybridized carbons (Fsp3) is 0.250. The quantitative estimate of drug-likeness (QED) is 0.922. The Bertz CT molecular complexity index is 682. The minimum atomic E-state index is -0.252. The van der Waals surface area contributed by atoms with Gasteiger partial charge >= 0.3 is 0 Å². The van der Waals surface area contributed by atoms with Gasteiger partial charge in [-0.3, -0.25) is 9.59 Å². The molecule has 1 heterocycles. The van der Waals surface area contributed by atoms with E-state index in [-0.39, 0.29) is 18.4 Å². The van der Waals surface area contributed by atoms with Crippen molar-refractivity contribution >= 4 is 28.8 Å². The van der Waals surface area contributed by atoms with Gasteiger partial charge in [0.15, 0.2) is 0 Å². The third-order valence-corrected chi connectivity index (χ3v) is 4.14. The molecule has 1 aromatic carbocycles. The molecule has 5 nitrogen and oxygen atoms in total. The van der Waals surface area contributed by atoms with Gasteiger partial charge in [-0.1, -0.05) is 6.07 Å². The molecule has 0 aliphatic heterocycles. The predicted molar refractivity (Wildman–Crippen MR) is 87.6 cm³/mol. The van der Waals surface area contributed by atoms with Crippen LogP contribution in [0, 0.1) is 6.92 Å². The maximum atomic E-state index is 12.3. The minimum absolute atomic E-state index is 0.00656. The number of benzene rings is 1. The Labute approximate surface area is 133 Å². The summed E-state index contributed by atoms with van der Waals surface area (Å²) in [5.41, 5.74) is 1.56. The Morgan fingerprint density at radius 3 is 2.73 bits per heavy atom. The molecule has 6 heteroatoms. The SMILES string of the molecule is COc1cccc(NC(=O)CN(C)C(=O)c2sccc2C)c1. The van der Waals surface area contributed by atoms with Crippen molar-refractivity contribution in [3.8, 4) is 5.75 Å². The predicted octanol–water partition coefficient (Wildman–Crippen LogP) is 2.78. The Morgan fingerprint density at radius 2 is 2.09 bits per heavy atom. The van der Waals surface area contributed by atoms with Crippen LogP contribution in [-0.2, 0) is 4.79 Å². The Balaban J connectivity index is 1.96. The number of aryl methyl sites for hydroxylation is 1. The molecule has 0 atom stereocenters. The maximum Gasteiger partial charge on any atom is 0.264 e. The van der Waals surface area contributed by atoms with E-state index in [4.69, 9.17) is 4.74 Å². The van der Waals surface area contributed by atoms with Crippen molar-refractivity contribution < 1.29 is 14.3 Å². The lowest BCUT2D eigenvalue weighted by molar-refractivity contribution is -0.116. The van der Waals surface area contributed by atoms with Gasteiger partial charge in [-0.25, -0.2) is 0 Å². The third-order valence-electron chi connectivity index (χ3n) is 3.14.